The van der Waals surface area contributed by atoms with Crippen LogP contribution in [0.4, 0.5) is 5.69 Å². The van der Waals surface area contributed by atoms with Gasteiger partial charge >= 0.3 is 13.7 Å². The highest BCUT2D eigenvalue weighted by Crippen LogP contribution is 2.47. The summed E-state index contributed by atoms with van der Waals surface area (Å²) in [6, 6.07) is 14.1. The first-order valence-corrected chi connectivity index (χ1v) is 10.9. The Labute approximate surface area is 179 Å². The van der Waals surface area contributed by atoms with Crippen LogP contribution in [0.5, 0.6) is 11.5 Å². The summed E-state index contributed by atoms with van der Waals surface area (Å²) in [6.07, 6.45) is 0. The van der Waals surface area contributed by atoms with Crippen LogP contribution in [0.25, 0.3) is 10.8 Å². The number of carboxylic acids is 1. The summed E-state index contributed by atoms with van der Waals surface area (Å²) in [6.45, 7) is 1.29. The highest BCUT2D eigenvalue weighted by atomic mass is 79.9. The van der Waals surface area contributed by atoms with Gasteiger partial charge in [-0.3, -0.25) is 14.9 Å². The fraction of sp³-hybridized carbons (Fsp3) is 0.105. The molecule has 3 aromatic carbocycles. The van der Waals surface area contributed by atoms with Gasteiger partial charge in [-0.2, -0.15) is 5.09 Å². The number of benzene rings is 3. The third-order valence-electron chi connectivity index (χ3n) is 4.04. The van der Waals surface area contributed by atoms with Gasteiger partial charge in [-0.05, 0) is 36.6 Å². The van der Waals surface area contributed by atoms with E-state index in [2.05, 4.69) is 21.0 Å². The van der Waals surface area contributed by atoms with Crippen molar-refractivity contribution in [3.05, 3.63) is 75.3 Å². The van der Waals surface area contributed by atoms with Gasteiger partial charge in [-0.1, -0.05) is 40.2 Å². The summed E-state index contributed by atoms with van der Waals surface area (Å²) < 4.78 is 25.4. The van der Waals surface area contributed by atoms with Crippen LogP contribution in [0.2, 0.25) is 0 Å². The molecule has 9 nitrogen and oxygen atoms in total. The monoisotopic (exact) mass is 494 g/mol. The van der Waals surface area contributed by atoms with E-state index in [1.165, 1.54) is 31.2 Å². The van der Waals surface area contributed by atoms with Gasteiger partial charge in [0, 0.05) is 22.0 Å². The second kappa shape index (κ2) is 8.83. The molecule has 30 heavy (non-hydrogen) atoms. The van der Waals surface area contributed by atoms with Crippen molar-refractivity contribution in [3.63, 3.8) is 0 Å². The number of aliphatic carboxylic acids is 1. The van der Waals surface area contributed by atoms with Gasteiger partial charge in [0.15, 0.2) is 0 Å². The second-order valence-electron chi connectivity index (χ2n) is 6.21. The fourth-order valence-corrected chi connectivity index (χ4v) is 4.60. The van der Waals surface area contributed by atoms with Crippen LogP contribution in [0.1, 0.15) is 6.92 Å². The molecule has 11 heteroatoms. The highest BCUT2D eigenvalue weighted by Gasteiger charge is 2.33. The normalized spacial score (nSPS) is 13.9. The Hall–Kier alpha value is -2.94. The molecule has 0 aliphatic rings. The first kappa shape index (κ1) is 21.8. The number of nitrogens with one attached hydrogen (secondary N) is 1. The highest BCUT2D eigenvalue weighted by molar-refractivity contribution is 9.10. The second-order valence-corrected chi connectivity index (χ2v) is 8.68. The van der Waals surface area contributed by atoms with Gasteiger partial charge < -0.3 is 14.2 Å². The molecular weight excluding hydrogens is 479 g/mol. The van der Waals surface area contributed by atoms with E-state index in [9.17, 15) is 24.6 Å². The third kappa shape index (κ3) is 4.96. The molecule has 0 bridgehead atoms. The van der Waals surface area contributed by atoms with Gasteiger partial charge in [0.25, 0.3) is 5.69 Å². The number of carboxylic acid groups (broad SMARTS) is 1. The Balaban J connectivity index is 1.98. The van der Waals surface area contributed by atoms with Crippen molar-refractivity contribution >= 4 is 46.1 Å². The third-order valence-corrected chi connectivity index (χ3v) is 6.33. The number of hydrogen-bond acceptors (Lipinski definition) is 6. The number of hydrogen-bond donors (Lipinski definition) is 2. The molecule has 156 valence electrons. The quantitative estimate of drug-likeness (QED) is 0.250. The zero-order valence-electron chi connectivity index (χ0n) is 15.5. The lowest BCUT2D eigenvalue weighted by Gasteiger charge is -2.23. The smallest absolute Gasteiger partial charge is 0.480 e. The summed E-state index contributed by atoms with van der Waals surface area (Å²) in [4.78, 5) is 21.5. The molecule has 0 aromatic heterocycles. The number of nitro groups is 1. The van der Waals surface area contributed by atoms with E-state index < -0.39 is 24.7 Å². The average Bonchev–Trinajstić information content (AvgIpc) is 2.70. The Morgan fingerprint density at radius 1 is 1.10 bits per heavy atom. The topological polar surface area (TPSA) is 128 Å². The molecule has 0 amide bonds. The van der Waals surface area contributed by atoms with E-state index in [4.69, 9.17) is 9.05 Å². The fourth-order valence-electron chi connectivity index (χ4n) is 2.57. The maximum Gasteiger partial charge on any atom is 0.513 e. The van der Waals surface area contributed by atoms with Crippen LogP contribution in [0.3, 0.4) is 0 Å². The molecule has 0 aliphatic heterocycles. The Kier molecular flexibility index (Phi) is 6.40. The molecule has 0 spiro atoms. The molecule has 0 saturated heterocycles. The number of rotatable bonds is 8. The van der Waals surface area contributed by atoms with Crippen LogP contribution in [-0.2, 0) is 9.36 Å². The van der Waals surface area contributed by atoms with E-state index >= 15 is 0 Å². The number of fused-ring (bicyclic) bond motifs is 1. The standard InChI is InChI=1S/C19H16BrN2O7P/c1-12(19(23)24)21-30(27,28-14-8-6-13(7-9-14)22(25)26)29-18-11-10-17(20)15-4-2-3-5-16(15)18/h2-12H,1H3,(H,21,27)(H,23,24)/t12-,30?/m0/s1. The molecule has 0 radical (unpaired) electrons. The van der Waals surface area contributed by atoms with Crippen molar-refractivity contribution in [2.45, 2.75) is 13.0 Å². The molecule has 2 atom stereocenters. The minimum Gasteiger partial charge on any atom is -0.480 e. The molecule has 3 rings (SSSR count). The predicted octanol–water partition coefficient (Wildman–Crippen LogP) is 5.14. The minimum absolute atomic E-state index is 0.00967. The zero-order chi connectivity index (χ0) is 21.9. The first-order valence-electron chi connectivity index (χ1n) is 8.60. The lowest BCUT2D eigenvalue weighted by molar-refractivity contribution is -0.384. The minimum atomic E-state index is -4.25. The van der Waals surface area contributed by atoms with Gasteiger partial charge in [-0.25, -0.2) is 4.57 Å². The van der Waals surface area contributed by atoms with Gasteiger partial charge in [0.1, 0.15) is 17.5 Å². The largest absolute Gasteiger partial charge is 0.513 e. The summed E-state index contributed by atoms with van der Waals surface area (Å²) in [5.74, 6) is -1.04. The van der Waals surface area contributed by atoms with Crippen molar-refractivity contribution in [2.24, 2.45) is 0 Å². The first-order chi connectivity index (χ1) is 14.2. The molecule has 2 N–H and O–H groups in total. The van der Waals surface area contributed by atoms with Crippen molar-refractivity contribution in [3.8, 4) is 11.5 Å². The van der Waals surface area contributed by atoms with Gasteiger partial charge in [0.05, 0.1) is 4.92 Å². The van der Waals surface area contributed by atoms with Crippen LogP contribution >= 0.6 is 23.7 Å². The number of carbonyl (C=O) groups is 1. The summed E-state index contributed by atoms with van der Waals surface area (Å²) in [5.41, 5.74) is -0.177. The molecule has 1 unspecified atom stereocenters. The predicted molar refractivity (Wildman–Crippen MR) is 114 cm³/mol. The molecule has 0 saturated carbocycles. The maximum atomic E-state index is 13.4. The van der Waals surface area contributed by atoms with Crippen molar-refractivity contribution in [2.75, 3.05) is 0 Å². The maximum absolute atomic E-state index is 13.4. The molecule has 0 heterocycles. The number of nitrogens with zero attached hydrogens (tertiary/aromatic N) is 1. The van der Waals surface area contributed by atoms with E-state index in [0.717, 1.165) is 9.86 Å². The SMILES string of the molecule is C[C@H](NP(=O)(Oc1ccc([N+](=O)[O-])cc1)Oc1ccc(Br)c2ccccc12)C(=O)O. The van der Waals surface area contributed by atoms with Crippen LogP contribution in [0, 0.1) is 10.1 Å². The molecule has 0 aliphatic carbocycles. The van der Waals surface area contributed by atoms with Crippen molar-refractivity contribution < 1.29 is 28.4 Å². The average molecular weight is 495 g/mol. The lowest BCUT2D eigenvalue weighted by Crippen LogP contribution is -2.34. The molecule has 0 fully saturated rings. The lowest BCUT2D eigenvalue weighted by atomic mass is 10.1. The van der Waals surface area contributed by atoms with E-state index in [-0.39, 0.29) is 17.2 Å². The summed E-state index contributed by atoms with van der Waals surface area (Å²) in [5, 5.41) is 23.8. The number of non-ortho nitro benzene ring substituents is 1. The van der Waals surface area contributed by atoms with E-state index in [1.807, 2.05) is 12.1 Å². The van der Waals surface area contributed by atoms with Crippen LogP contribution in [0.15, 0.2) is 65.1 Å². The Bertz CT molecular complexity index is 1150. The summed E-state index contributed by atoms with van der Waals surface area (Å²) >= 11 is 3.44. The van der Waals surface area contributed by atoms with Gasteiger partial charge in [0.2, 0.25) is 0 Å². The number of nitro benzene ring substituents is 1. The summed E-state index contributed by atoms with van der Waals surface area (Å²) in [7, 11) is -4.25. The zero-order valence-corrected chi connectivity index (χ0v) is 18.0. The van der Waals surface area contributed by atoms with E-state index in [1.54, 1.807) is 24.3 Å². The van der Waals surface area contributed by atoms with Crippen LogP contribution in [-0.4, -0.2) is 22.0 Å². The van der Waals surface area contributed by atoms with Crippen molar-refractivity contribution in [1.82, 2.24) is 5.09 Å². The Morgan fingerprint density at radius 2 is 1.73 bits per heavy atom. The van der Waals surface area contributed by atoms with Crippen molar-refractivity contribution in [1.29, 1.82) is 0 Å². The molecular formula is C19H16BrN2O7P. The van der Waals surface area contributed by atoms with Crippen LogP contribution < -0.4 is 14.1 Å². The van der Waals surface area contributed by atoms with Gasteiger partial charge in [-0.15, -0.1) is 0 Å². The number of halogens is 1. The van der Waals surface area contributed by atoms with E-state index in [0.29, 0.717) is 5.39 Å². The molecule has 3 aromatic rings. The Morgan fingerprint density at radius 3 is 2.33 bits per heavy atom.